The first-order chi connectivity index (χ1) is 7.43. The molecular weight excluding hydrogens is 238 g/mol. The molecule has 0 aromatic rings. The van der Waals surface area contributed by atoms with Crippen molar-refractivity contribution >= 4 is 24.3 Å². The molecule has 0 aliphatic carbocycles. The van der Waals surface area contributed by atoms with Crippen LogP contribution in [-0.4, -0.2) is 18.5 Å². The lowest BCUT2D eigenvalue weighted by atomic mass is 10.3. The van der Waals surface area contributed by atoms with Crippen molar-refractivity contribution in [3.63, 3.8) is 0 Å². The Balaban J connectivity index is -0.000000280. The normalized spacial score (nSPS) is 7.65. The smallest absolute Gasteiger partial charge is 0.195 e. The molecule has 0 fully saturated rings. The van der Waals surface area contributed by atoms with E-state index in [0.29, 0.717) is 0 Å². The van der Waals surface area contributed by atoms with Crippen LogP contribution < -0.4 is 16.4 Å². The second kappa shape index (κ2) is 14.5. The van der Waals surface area contributed by atoms with Gasteiger partial charge in [-0.2, -0.15) is 0 Å². The zero-order valence-corrected chi connectivity index (χ0v) is 11.4. The van der Waals surface area contributed by atoms with E-state index in [2.05, 4.69) is 30.7 Å². The van der Waals surface area contributed by atoms with Crippen LogP contribution in [0.3, 0.4) is 0 Å². The van der Waals surface area contributed by atoms with E-state index < -0.39 is 0 Å². The van der Waals surface area contributed by atoms with E-state index in [1.807, 2.05) is 6.92 Å². The first-order valence-corrected chi connectivity index (χ1v) is 5.15. The minimum atomic E-state index is -0.209. The summed E-state index contributed by atoms with van der Waals surface area (Å²) >= 11 is 0. The number of hydrogen-bond donors (Lipinski definition) is 5. The molecule has 0 aliphatic heterocycles. The van der Waals surface area contributed by atoms with Gasteiger partial charge in [0, 0.05) is 6.54 Å². The van der Waals surface area contributed by atoms with E-state index in [4.69, 9.17) is 16.6 Å². The minimum absolute atomic E-state index is 0. The third-order valence-electron chi connectivity index (χ3n) is 1.44. The maximum absolute atomic E-state index is 7.15. The largest absolute Gasteiger partial charge is 0.370 e. The number of hydrogen-bond acceptors (Lipinski definition) is 2. The molecule has 6 heteroatoms. The predicted octanol–water partition coefficient (Wildman–Crippen LogP) is 1.96. The number of rotatable bonds is 4. The number of nitrogens with two attached hydrogens (primary N) is 1. The molecule has 0 rings (SSSR count). The minimum Gasteiger partial charge on any atom is -0.370 e. The molecule has 5 nitrogen and oxygen atoms in total. The Labute approximate surface area is 110 Å². The molecule has 0 bridgehead atoms. The van der Waals surface area contributed by atoms with Gasteiger partial charge in [-0.25, -0.2) is 0 Å². The third-order valence-corrected chi connectivity index (χ3v) is 1.44. The zero-order valence-electron chi connectivity index (χ0n) is 10.6. The van der Waals surface area contributed by atoms with Gasteiger partial charge >= 0.3 is 0 Å². The molecule has 0 spiro atoms. The van der Waals surface area contributed by atoms with Gasteiger partial charge in [0.25, 0.3) is 0 Å². The number of unbranched alkanes of at least 4 members (excludes halogenated alkanes) is 1. The van der Waals surface area contributed by atoms with Crippen molar-refractivity contribution < 1.29 is 0 Å². The van der Waals surface area contributed by atoms with Gasteiger partial charge in [0.15, 0.2) is 11.9 Å². The summed E-state index contributed by atoms with van der Waals surface area (Å²) in [7, 11) is 0. The van der Waals surface area contributed by atoms with E-state index in [0.717, 1.165) is 25.0 Å². The highest BCUT2D eigenvalue weighted by Crippen LogP contribution is 1.81. The van der Waals surface area contributed by atoms with E-state index in [1.54, 1.807) is 6.08 Å². The fraction of sp³-hybridized carbons (Fsp3) is 0.455. The first kappa shape index (κ1) is 20.9. The van der Waals surface area contributed by atoms with Crippen LogP contribution in [0.2, 0.25) is 0 Å². The van der Waals surface area contributed by atoms with Gasteiger partial charge in [-0.05, 0) is 13.3 Å². The van der Waals surface area contributed by atoms with Crippen molar-refractivity contribution in [2.45, 2.75) is 26.7 Å². The van der Waals surface area contributed by atoms with Gasteiger partial charge < -0.3 is 11.1 Å². The maximum Gasteiger partial charge on any atom is 0.195 e. The zero-order chi connectivity index (χ0) is 13.0. The quantitative estimate of drug-likeness (QED) is 0.232. The Hall–Kier alpha value is -1.49. The van der Waals surface area contributed by atoms with Crippen molar-refractivity contribution in [2.24, 2.45) is 5.73 Å². The standard InChI is InChI=1S/C6H15N5.C5H8.ClH/c1-2-3-4-10-6(9)11-5(7)8;1-4-5(2)3;/h2-4H2,1H3,(H6,7,8,9,10,11);4H,1-2H2,3H3;1H. The second-order valence-corrected chi connectivity index (χ2v) is 3.24. The Kier molecular flexibility index (Phi) is 17.8. The average Bonchev–Trinajstić information content (AvgIpc) is 2.18. The topological polar surface area (TPSA) is 97.8 Å². The van der Waals surface area contributed by atoms with Crippen LogP contribution in [-0.2, 0) is 0 Å². The van der Waals surface area contributed by atoms with Crippen LogP contribution in [0.15, 0.2) is 24.8 Å². The lowest BCUT2D eigenvalue weighted by molar-refractivity contribution is 0.744. The lowest BCUT2D eigenvalue weighted by Crippen LogP contribution is -2.43. The van der Waals surface area contributed by atoms with Crippen LogP contribution in [0.25, 0.3) is 0 Å². The van der Waals surface area contributed by atoms with Crippen LogP contribution >= 0.6 is 12.4 Å². The Morgan fingerprint density at radius 3 is 2.18 bits per heavy atom. The first-order valence-electron chi connectivity index (χ1n) is 5.15. The van der Waals surface area contributed by atoms with Crippen molar-refractivity contribution in [3.8, 4) is 0 Å². The van der Waals surface area contributed by atoms with Gasteiger partial charge in [0.05, 0.1) is 0 Å². The van der Waals surface area contributed by atoms with E-state index in [1.165, 1.54) is 0 Å². The van der Waals surface area contributed by atoms with Gasteiger partial charge in [0.2, 0.25) is 0 Å². The summed E-state index contributed by atoms with van der Waals surface area (Å²) in [6.07, 6.45) is 3.82. The summed E-state index contributed by atoms with van der Waals surface area (Å²) in [5, 5.41) is 19.0. The third kappa shape index (κ3) is 25.1. The Bertz CT molecular complexity index is 250. The van der Waals surface area contributed by atoms with Gasteiger partial charge in [-0.15, -0.1) is 12.4 Å². The molecule has 0 aliphatic rings. The number of guanidine groups is 2. The Morgan fingerprint density at radius 1 is 1.41 bits per heavy atom. The van der Waals surface area contributed by atoms with Crippen LogP contribution in [0, 0.1) is 10.8 Å². The molecule has 0 saturated carbocycles. The molecule has 6 N–H and O–H groups in total. The molecule has 0 saturated heterocycles. The summed E-state index contributed by atoms with van der Waals surface area (Å²) in [6.45, 7) is 11.7. The SMILES string of the molecule is C=CC(=C)C.CCCCNC(=N)NC(=N)N.Cl. The van der Waals surface area contributed by atoms with Crippen molar-refractivity contribution in [1.29, 1.82) is 10.8 Å². The molecule has 17 heavy (non-hydrogen) atoms. The lowest BCUT2D eigenvalue weighted by Gasteiger charge is -2.06. The molecule has 0 unspecified atom stereocenters. The fourth-order valence-corrected chi connectivity index (χ4v) is 0.569. The molecule has 0 amide bonds. The monoisotopic (exact) mass is 261 g/mol. The van der Waals surface area contributed by atoms with Gasteiger partial charge in [-0.3, -0.25) is 16.1 Å². The molecular formula is C11H24ClN5. The highest BCUT2D eigenvalue weighted by Gasteiger charge is 1.93. The highest BCUT2D eigenvalue weighted by molar-refractivity contribution is 5.94. The summed E-state index contributed by atoms with van der Waals surface area (Å²) in [5.74, 6) is -0.120. The highest BCUT2D eigenvalue weighted by atomic mass is 35.5. The van der Waals surface area contributed by atoms with Crippen molar-refractivity contribution in [1.82, 2.24) is 10.6 Å². The van der Waals surface area contributed by atoms with Crippen molar-refractivity contribution in [3.05, 3.63) is 24.8 Å². The molecule has 0 atom stereocenters. The van der Waals surface area contributed by atoms with Gasteiger partial charge in [0.1, 0.15) is 0 Å². The molecule has 0 aromatic carbocycles. The number of halogens is 1. The second-order valence-electron chi connectivity index (χ2n) is 3.24. The maximum atomic E-state index is 7.15. The Morgan fingerprint density at radius 2 is 1.88 bits per heavy atom. The molecule has 0 aromatic heterocycles. The molecule has 0 radical (unpaired) electrons. The van der Waals surface area contributed by atoms with Crippen LogP contribution in [0.4, 0.5) is 0 Å². The summed E-state index contributed by atoms with van der Waals surface area (Å²) < 4.78 is 0. The van der Waals surface area contributed by atoms with Crippen LogP contribution in [0.5, 0.6) is 0 Å². The number of nitrogens with one attached hydrogen (secondary N) is 4. The van der Waals surface area contributed by atoms with E-state index >= 15 is 0 Å². The van der Waals surface area contributed by atoms with E-state index in [-0.39, 0.29) is 24.3 Å². The van der Waals surface area contributed by atoms with Crippen molar-refractivity contribution in [2.75, 3.05) is 6.54 Å². The van der Waals surface area contributed by atoms with Crippen LogP contribution in [0.1, 0.15) is 26.7 Å². The molecule has 0 heterocycles. The fourth-order valence-electron chi connectivity index (χ4n) is 0.569. The summed E-state index contributed by atoms with van der Waals surface area (Å²) in [5.41, 5.74) is 6.01. The predicted molar refractivity (Wildman–Crippen MR) is 77.9 cm³/mol. The average molecular weight is 262 g/mol. The number of allylic oxidation sites excluding steroid dienone is 2. The van der Waals surface area contributed by atoms with E-state index in [9.17, 15) is 0 Å². The summed E-state index contributed by atoms with van der Waals surface area (Å²) in [4.78, 5) is 0. The summed E-state index contributed by atoms with van der Waals surface area (Å²) in [6, 6.07) is 0. The molecule has 100 valence electrons. The van der Waals surface area contributed by atoms with Gasteiger partial charge in [-0.1, -0.05) is 38.2 Å².